The van der Waals surface area contributed by atoms with Gasteiger partial charge >= 0.3 is 0 Å². The highest BCUT2D eigenvalue weighted by atomic mass is 35.5. The van der Waals surface area contributed by atoms with E-state index < -0.39 is 11.7 Å². The minimum Gasteiger partial charge on any atom is -0.493 e. The second-order valence-electron chi connectivity index (χ2n) is 9.99. The number of rotatable bonds is 9. The lowest BCUT2D eigenvalue weighted by Crippen LogP contribution is -2.33. The Morgan fingerprint density at radius 1 is 1.02 bits per heavy atom. The molecule has 2 aliphatic rings. The molecule has 2 aliphatic heterocycles. The molecule has 0 radical (unpaired) electrons. The van der Waals surface area contributed by atoms with Crippen LogP contribution in [-0.2, 0) is 0 Å². The number of fused-ring (bicyclic) bond motifs is 1. The molecule has 1 fully saturated rings. The lowest BCUT2D eigenvalue weighted by Gasteiger charge is -2.24. The summed E-state index contributed by atoms with van der Waals surface area (Å²) < 4.78 is 24.9. The van der Waals surface area contributed by atoms with Crippen molar-refractivity contribution in [2.45, 2.75) is 12.5 Å². The highest BCUT2D eigenvalue weighted by Gasteiger charge is 2.36. The zero-order valence-electron chi connectivity index (χ0n) is 22.4. The number of methoxy groups -OCH3 is 2. The largest absolute Gasteiger partial charge is 0.493 e. The van der Waals surface area contributed by atoms with Crippen molar-refractivity contribution in [3.8, 4) is 11.5 Å². The molecular weight excluding hydrogens is 533 g/mol. The van der Waals surface area contributed by atoms with Gasteiger partial charge in [0.1, 0.15) is 5.82 Å². The third-order valence-electron chi connectivity index (χ3n) is 7.47. The Kier molecular flexibility index (Phi) is 8.38. The van der Waals surface area contributed by atoms with Gasteiger partial charge in [-0.2, -0.15) is 0 Å². The van der Waals surface area contributed by atoms with Crippen LogP contribution in [0.25, 0.3) is 0 Å². The number of carbonyl (C=O) groups is 2. The molecule has 2 amide bonds. The Labute approximate surface area is 238 Å². The second kappa shape index (κ2) is 12.1. The zero-order valence-corrected chi connectivity index (χ0v) is 23.2. The summed E-state index contributed by atoms with van der Waals surface area (Å²) in [5.41, 5.74) is 2.56. The van der Waals surface area contributed by atoms with Gasteiger partial charge in [0.2, 0.25) is 0 Å². The molecule has 1 saturated heterocycles. The van der Waals surface area contributed by atoms with Crippen molar-refractivity contribution in [1.29, 1.82) is 0 Å². The van der Waals surface area contributed by atoms with E-state index >= 15 is 0 Å². The number of nitrogens with zero attached hydrogens (tertiary/aromatic N) is 2. The average molecular weight is 564 g/mol. The average Bonchev–Trinajstić information content (AvgIpc) is 3.54. The van der Waals surface area contributed by atoms with E-state index in [0.29, 0.717) is 36.6 Å². The fourth-order valence-corrected chi connectivity index (χ4v) is 5.63. The summed E-state index contributed by atoms with van der Waals surface area (Å²) in [5, 5.41) is 3.30. The van der Waals surface area contributed by atoms with Crippen LogP contribution < -0.4 is 14.8 Å². The van der Waals surface area contributed by atoms with Gasteiger partial charge in [0.25, 0.3) is 11.8 Å². The smallest absolute Gasteiger partial charge is 0.262 e. The van der Waals surface area contributed by atoms with Crippen LogP contribution in [0.5, 0.6) is 11.5 Å². The maximum Gasteiger partial charge on any atom is 0.262 e. The number of carbonyl (C=O) groups excluding carboxylic acids is 2. The Morgan fingerprint density at radius 3 is 2.50 bits per heavy atom. The van der Waals surface area contributed by atoms with Crippen LogP contribution in [0.15, 0.2) is 78.5 Å². The monoisotopic (exact) mass is 563 g/mol. The molecule has 1 N–H and O–H groups in total. The standard InChI is InChI=1S/C31H31ClFN3O4/c1-39-27-12-11-21(15-28(27)40-2)30(37)34-26(20-7-4-3-5-8-20)13-14-35-16-22-18-36(19-23(22)17-35)31(38)29-24(32)9-6-10-25(29)33/h3-12,15,18,23,26H,13-14,16-17,19H2,1-2H3,(H,34,37)/t23?,26-/m0/s1. The van der Waals surface area contributed by atoms with E-state index in [4.69, 9.17) is 21.1 Å². The van der Waals surface area contributed by atoms with Gasteiger partial charge in [0, 0.05) is 43.9 Å². The van der Waals surface area contributed by atoms with Crippen LogP contribution in [0.2, 0.25) is 5.02 Å². The minimum atomic E-state index is -0.614. The number of likely N-dealkylation sites (tertiary alicyclic amines) is 1. The number of hydrogen-bond donors (Lipinski definition) is 1. The van der Waals surface area contributed by atoms with Gasteiger partial charge in [-0.3, -0.25) is 14.5 Å². The van der Waals surface area contributed by atoms with Crippen LogP contribution in [0.4, 0.5) is 4.39 Å². The molecule has 5 rings (SSSR count). The van der Waals surface area contributed by atoms with Crippen molar-refractivity contribution < 1.29 is 23.5 Å². The Bertz CT molecular complexity index is 1410. The molecule has 2 heterocycles. The number of halogens is 2. The van der Waals surface area contributed by atoms with E-state index in [2.05, 4.69) is 10.2 Å². The molecule has 2 atom stereocenters. The van der Waals surface area contributed by atoms with Gasteiger partial charge in [-0.1, -0.05) is 48.0 Å². The van der Waals surface area contributed by atoms with E-state index in [1.807, 2.05) is 36.5 Å². The molecule has 40 heavy (non-hydrogen) atoms. The Hall–Kier alpha value is -3.88. The first kappa shape index (κ1) is 27.7. The van der Waals surface area contributed by atoms with E-state index in [0.717, 1.165) is 24.2 Å². The highest BCUT2D eigenvalue weighted by molar-refractivity contribution is 6.33. The lowest BCUT2D eigenvalue weighted by atomic mass is 10.0. The van der Waals surface area contributed by atoms with E-state index in [1.54, 1.807) is 30.2 Å². The first-order valence-corrected chi connectivity index (χ1v) is 13.5. The predicted molar refractivity (Wildman–Crippen MR) is 151 cm³/mol. The van der Waals surface area contributed by atoms with Crippen LogP contribution >= 0.6 is 11.6 Å². The molecular formula is C31H31ClFN3O4. The minimum absolute atomic E-state index is 0.0891. The summed E-state index contributed by atoms with van der Waals surface area (Å²) in [6, 6.07) is 19.1. The molecule has 7 nitrogen and oxygen atoms in total. The van der Waals surface area contributed by atoms with E-state index in [1.165, 1.54) is 25.3 Å². The number of nitrogens with one attached hydrogen (secondary N) is 1. The fraction of sp³-hybridized carbons (Fsp3) is 0.290. The Balaban J connectivity index is 1.24. The molecule has 0 saturated carbocycles. The van der Waals surface area contributed by atoms with Crippen molar-refractivity contribution >= 4 is 23.4 Å². The maximum absolute atomic E-state index is 14.3. The molecule has 3 aromatic carbocycles. The van der Waals surface area contributed by atoms with Crippen LogP contribution in [0.1, 0.15) is 38.7 Å². The number of amides is 2. The molecule has 0 bridgehead atoms. The first-order chi connectivity index (χ1) is 19.4. The van der Waals surface area contributed by atoms with Gasteiger partial charge in [-0.05, 0) is 47.9 Å². The van der Waals surface area contributed by atoms with Gasteiger partial charge in [0.05, 0.1) is 30.8 Å². The summed E-state index contributed by atoms with van der Waals surface area (Å²) >= 11 is 6.11. The molecule has 3 aromatic rings. The third kappa shape index (κ3) is 5.83. The van der Waals surface area contributed by atoms with Crippen LogP contribution in [-0.4, -0.2) is 62.0 Å². The Morgan fingerprint density at radius 2 is 1.80 bits per heavy atom. The zero-order chi connectivity index (χ0) is 28.2. The van der Waals surface area contributed by atoms with E-state index in [9.17, 15) is 14.0 Å². The molecule has 0 aromatic heterocycles. The summed E-state index contributed by atoms with van der Waals surface area (Å²) in [6.45, 7) is 2.75. The summed E-state index contributed by atoms with van der Waals surface area (Å²) in [5.74, 6) is 0.0101. The topological polar surface area (TPSA) is 71.1 Å². The normalized spacial score (nSPS) is 17.2. The second-order valence-corrected chi connectivity index (χ2v) is 10.4. The van der Waals surface area contributed by atoms with E-state index in [-0.39, 0.29) is 28.5 Å². The fourth-order valence-electron chi connectivity index (χ4n) is 5.39. The molecule has 0 spiro atoms. The van der Waals surface area contributed by atoms with Crippen LogP contribution in [0.3, 0.4) is 0 Å². The molecule has 208 valence electrons. The number of benzene rings is 3. The molecule has 0 aliphatic carbocycles. The number of ether oxygens (including phenoxy) is 2. The van der Waals surface area contributed by atoms with Gasteiger partial charge in [0.15, 0.2) is 11.5 Å². The van der Waals surface area contributed by atoms with Crippen molar-refractivity contribution in [3.05, 3.63) is 106 Å². The third-order valence-corrected chi connectivity index (χ3v) is 7.79. The first-order valence-electron chi connectivity index (χ1n) is 13.1. The predicted octanol–water partition coefficient (Wildman–Crippen LogP) is 5.33. The van der Waals surface area contributed by atoms with Crippen molar-refractivity contribution in [3.63, 3.8) is 0 Å². The maximum atomic E-state index is 14.3. The summed E-state index contributed by atoms with van der Waals surface area (Å²) in [7, 11) is 3.09. The van der Waals surface area contributed by atoms with Gasteiger partial charge in [-0.25, -0.2) is 4.39 Å². The van der Waals surface area contributed by atoms with Crippen molar-refractivity contribution in [2.75, 3.05) is 40.4 Å². The lowest BCUT2D eigenvalue weighted by molar-refractivity contribution is 0.0816. The quantitative estimate of drug-likeness (QED) is 0.381. The van der Waals surface area contributed by atoms with Gasteiger partial charge in [-0.15, -0.1) is 0 Å². The SMILES string of the molecule is COc1ccc(C(=O)N[C@@H](CCN2CC3=CN(C(=O)c4c(F)cccc4Cl)CC3C2)c2ccccc2)cc1OC. The molecule has 1 unspecified atom stereocenters. The number of hydrogen-bond acceptors (Lipinski definition) is 5. The summed E-state index contributed by atoms with van der Waals surface area (Å²) in [6.07, 6.45) is 2.54. The van der Waals surface area contributed by atoms with Crippen LogP contribution in [0, 0.1) is 11.7 Å². The van der Waals surface area contributed by atoms with Gasteiger partial charge < -0.3 is 19.7 Å². The molecule has 9 heteroatoms. The van der Waals surface area contributed by atoms with Crippen molar-refractivity contribution in [1.82, 2.24) is 15.1 Å². The summed E-state index contributed by atoms with van der Waals surface area (Å²) in [4.78, 5) is 30.1. The highest BCUT2D eigenvalue weighted by Crippen LogP contribution is 2.33. The van der Waals surface area contributed by atoms with Crippen molar-refractivity contribution in [2.24, 2.45) is 5.92 Å².